The van der Waals surface area contributed by atoms with E-state index in [2.05, 4.69) is 27.6 Å². The van der Waals surface area contributed by atoms with Crippen molar-refractivity contribution in [1.29, 1.82) is 0 Å². The van der Waals surface area contributed by atoms with Crippen LogP contribution in [0.3, 0.4) is 0 Å². The Morgan fingerprint density at radius 1 is 1.40 bits per heavy atom. The van der Waals surface area contributed by atoms with Gasteiger partial charge in [0.05, 0.1) is 12.2 Å². The SMILES string of the molecule is CCC(C)NCC(=O)Nc1cccnc1-n1cccn1. The van der Waals surface area contributed by atoms with Crippen LogP contribution in [0.5, 0.6) is 0 Å². The van der Waals surface area contributed by atoms with Gasteiger partial charge < -0.3 is 10.6 Å². The van der Waals surface area contributed by atoms with Crippen molar-refractivity contribution in [3.63, 3.8) is 0 Å². The molecule has 0 aliphatic heterocycles. The van der Waals surface area contributed by atoms with Crippen LogP contribution in [-0.2, 0) is 4.79 Å². The van der Waals surface area contributed by atoms with Crippen LogP contribution in [0.25, 0.3) is 5.82 Å². The molecule has 20 heavy (non-hydrogen) atoms. The molecule has 0 aliphatic rings. The predicted molar refractivity (Wildman–Crippen MR) is 77.7 cm³/mol. The highest BCUT2D eigenvalue weighted by atomic mass is 16.1. The fraction of sp³-hybridized carbons (Fsp3) is 0.357. The number of rotatable bonds is 6. The minimum atomic E-state index is -0.0910. The lowest BCUT2D eigenvalue weighted by atomic mass is 10.2. The monoisotopic (exact) mass is 273 g/mol. The number of nitrogens with zero attached hydrogens (tertiary/aromatic N) is 3. The Morgan fingerprint density at radius 2 is 2.25 bits per heavy atom. The molecule has 2 aromatic rings. The number of carbonyl (C=O) groups is 1. The topological polar surface area (TPSA) is 71.8 Å². The molecule has 0 saturated carbocycles. The first-order valence-corrected chi connectivity index (χ1v) is 6.69. The van der Waals surface area contributed by atoms with Crippen molar-refractivity contribution in [2.45, 2.75) is 26.3 Å². The molecule has 1 atom stereocenters. The molecule has 0 fully saturated rings. The maximum atomic E-state index is 11.9. The second-order valence-corrected chi connectivity index (χ2v) is 4.56. The van der Waals surface area contributed by atoms with Gasteiger partial charge in [-0.1, -0.05) is 6.92 Å². The molecule has 2 N–H and O–H groups in total. The quantitative estimate of drug-likeness (QED) is 0.838. The number of nitrogens with one attached hydrogen (secondary N) is 2. The first kappa shape index (κ1) is 14.2. The van der Waals surface area contributed by atoms with Crippen LogP contribution < -0.4 is 10.6 Å². The van der Waals surface area contributed by atoms with E-state index in [1.807, 2.05) is 19.1 Å². The summed E-state index contributed by atoms with van der Waals surface area (Å²) in [5.41, 5.74) is 0.646. The minimum absolute atomic E-state index is 0.0910. The van der Waals surface area contributed by atoms with Gasteiger partial charge in [0.25, 0.3) is 0 Å². The number of anilines is 1. The normalized spacial score (nSPS) is 12.1. The van der Waals surface area contributed by atoms with Crippen molar-refractivity contribution >= 4 is 11.6 Å². The van der Waals surface area contributed by atoms with Crippen LogP contribution >= 0.6 is 0 Å². The van der Waals surface area contributed by atoms with E-state index < -0.39 is 0 Å². The Morgan fingerprint density at radius 3 is 2.95 bits per heavy atom. The summed E-state index contributed by atoms with van der Waals surface area (Å²) in [6, 6.07) is 5.72. The largest absolute Gasteiger partial charge is 0.322 e. The van der Waals surface area contributed by atoms with Crippen LogP contribution in [0.2, 0.25) is 0 Å². The van der Waals surface area contributed by atoms with Crippen molar-refractivity contribution in [2.24, 2.45) is 0 Å². The van der Waals surface area contributed by atoms with Crippen LogP contribution in [0.4, 0.5) is 5.69 Å². The average Bonchev–Trinajstić information content (AvgIpc) is 2.99. The summed E-state index contributed by atoms with van der Waals surface area (Å²) >= 11 is 0. The lowest BCUT2D eigenvalue weighted by Gasteiger charge is -2.13. The maximum absolute atomic E-state index is 11.9. The Bertz CT molecular complexity index is 552. The number of aromatic nitrogens is 3. The van der Waals surface area contributed by atoms with Gasteiger partial charge in [-0.3, -0.25) is 4.79 Å². The lowest BCUT2D eigenvalue weighted by molar-refractivity contribution is -0.115. The van der Waals surface area contributed by atoms with Gasteiger partial charge in [-0.2, -0.15) is 5.10 Å². The van der Waals surface area contributed by atoms with Crippen molar-refractivity contribution in [3.8, 4) is 5.82 Å². The molecule has 2 heterocycles. The first-order valence-electron chi connectivity index (χ1n) is 6.69. The molecule has 1 amide bonds. The zero-order valence-electron chi connectivity index (χ0n) is 11.7. The number of amides is 1. The third kappa shape index (κ3) is 3.64. The van der Waals surface area contributed by atoms with Crippen molar-refractivity contribution < 1.29 is 4.79 Å². The summed E-state index contributed by atoms with van der Waals surface area (Å²) in [7, 11) is 0. The summed E-state index contributed by atoms with van der Waals surface area (Å²) in [6.45, 7) is 4.40. The van der Waals surface area contributed by atoms with Crippen LogP contribution in [0, 0.1) is 0 Å². The van der Waals surface area contributed by atoms with Gasteiger partial charge in [0.1, 0.15) is 0 Å². The highest BCUT2D eigenvalue weighted by molar-refractivity contribution is 5.93. The molecular weight excluding hydrogens is 254 g/mol. The maximum Gasteiger partial charge on any atom is 0.238 e. The van der Waals surface area contributed by atoms with Gasteiger partial charge in [0, 0.05) is 24.6 Å². The number of hydrogen-bond donors (Lipinski definition) is 2. The molecular formula is C14H19N5O. The summed E-state index contributed by atoms with van der Waals surface area (Å²) < 4.78 is 1.62. The number of hydrogen-bond acceptors (Lipinski definition) is 4. The molecule has 0 bridgehead atoms. The number of carbonyl (C=O) groups excluding carboxylic acids is 1. The summed E-state index contributed by atoms with van der Waals surface area (Å²) in [4.78, 5) is 16.2. The van der Waals surface area contributed by atoms with Gasteiger partial charge >= 0.3 is 0 Å². The highest BCUT2D eigenvalue weighted by Gasteiger charge is 2.10. The second kappa shape index (κ2) is 6.81. The van der Waals surface area contributed by atoms with Crippen molar-refractivity contribution in [1.82, 2.24) is 20.1 Å². The molecule has 1 unspecified atom stereocenters. The molecule has 2 aromatic heterocycles. The van der Waals surface area contributed by atoms with E-state index in [-0.39, 0.29) is 12.5 Å². The molecule has 106 valence electrons. The number of pyridine rings is 1. The van der Waals surface area contributed by atoms with Crippen LogP contribution in [0.15, 0.2) is 36.8 Å². The standard InChI is InChI=1S/C14H19N5O/c1-3-11(2)16-10-13(20)18-12-6-4-7-15-14(12)19-9-5-8-17-19/h4-9,11,16H,3,10H2,1-2H3,(H,18,20). The molecule has 0 aromatic carbocycles. The van der Waals surface area contributed by atoms with Gasteiger partial charge in [-0.15, -0.1) is 0 Å². The summed E-state index contributed by atoms with van der Waals surface area (Å²) in [5, 5.41) is 10.1. The first-order chi connectivity index (χ1) is 9.70. The van der Waals surface area contributed by atoms with E-state index in [0.717, 1.165) is 6.42 Å². The molecule has 0 radical (unpaired) electrons. The van der Waals surface area contributed by atoms with Crippen molar-refractivity contribution in [3.05, 3.63) is 36.8 Å². The molecule has 6 nitrogen and oxygen atoms in total. The van der Waals surface area contributed by atoms with E-state index in [0.29, 0.717) is 17.5 Å². The minimum Gasteiger partial charge on any atom is -0.322 e. The van der Waals surface area contributed by atoms with Gasteiger partial charge in [-0.05, 0) is 31.5 Å². The van der Waals surface area contributed by atoms with Gasteiger partial charge in [0.15, 0.2) is 5.82 Å². The Labute approximate surface area is 118 Å². The van der Waals surface area contributed by atoms with Gasteiger partial charge in [0.2, 0.25) is 5.91 Å². The zero-order valence-corrected chi connectivity index (χ0v) is 11.7. The van der Waals surface area contributed by atoms with Crippen molar-refractivity contribution in [2.75, 3.05) is 11.9 Å². The fourth-order valence-corrected chi connectivity index (χ4v) is 1.68. The average molecular weight is 273 g/mol. The van der Waals surface area contributed by atoms with E-state index in [1.54, 1.807) is 29.3 Å². The fourth-order valence-electron chi connectivity index (χ4n) is 1.68. The van der Waals surface area contributed by atoms with Crippen LogP contribution in [-0.4, -0.2) is 33.3 Å². The highest BCUT2D eigenvalue weighted by Crippen LogP contribution is 2.15. The van der Waals surface area contributed by atoms with E-state index in [1.165, 1.54) is 0 Å². The third-order valence-electron chi connectivity index (χ3n) is 3.01. The molecule has 2 rings (SSSR count). The zero-order chi connectivity index (χ0) is 14.4. The van der Waals surface area contributed by atoms with E-state index in [4.69, 9.17) is 0 Å². The smallest absolute Gasteiger partial charge is 0.238 e. The molecule has 0 aliphatic carbocycles. The van der Waals surface area contributed by atoms with Gasteiger partial charge in [-0.25, -0.2) is 9.67 Å². The second-order valence-electron chi connectivity index (χ2n) is 4.56. The van der Waals surface area contributed by atoms with Crippen LogP contribution in [0.1, 0.15) is 20.3 Å². The Balaban J connectivity index is 2.04. The molecule has 0 spiro atoms. The Hall–Kier alpha value is -2.21. The Kier molecular flexibility index (Phi) is 4.84. The summed E-state index contributed by atoms with van der Waals surface area (Å²) in [5.74, 6) is 0.515. The molecule has 6 heteroatoms. The lowest BCUT2D eigenvalue weighted by Crippen LogP contribution is -2.34. The summed E-state index contributed by atoms with van der Waals surface area (Å²) in [6.07, 6.45) is 6.11. The van der Waals surface area contributed by atoms with E-state index >= 15 is 0 Å². The molecule has 0 saturated heterocycles. The van der Waals surface area contributed by atoms with E-state index in [9.17, 15) is 4.79 Å². The predicted octanol–water partition coefficient (Wildman–Crippen LogP) is 1.59. The third-order valence-corrected chi connectivity index (χ3v) is 3.01.